The molecule has 2 aromatic heterocycles. The predicted octanol–water partition coefficient (Wildman–Crippen LogP) is 2.00. The maximum atomic E-state index is 12.7. The molecule has 3 aromatic rings. The van der Waals surface area contributed by atoms with Crippen LogP contribution in [0.4, 0.5) is 5.82 Å². The first-order valence-electron chi connectivity index (χ1n) is 8.10. The van der Waals surface area contributed by atoms with Crippen LogP contribution in [0.25, 0.3) is 0 Å². The minimum Gasteiger partial charge on any atom is -0.325 e. The Kier molecular flexibility index (Phi) is 5.07. The van der Waals surface area contributed by atoms with Crippen molar-refractivity contribution in [2.24, 2.45) is 7.05 Å². The number of carbonyl (C=O) groups excluding carboxylic acids is 2. The molecule has 2 heterocycles. The second kappa shape index (κ2) is 7.60. The van der Waals surface area contributed by atoms with Gasteiger partial charge in [-0.15, -0.1) is 0 Å². The Balaban J connectivity index is 1.86. The summed E-state index contributed by atoms with van der Waals surface area (Å²) < 4.78 is 1.55. The number of aromatic nitrogens is 3. The fraction of sp³-hybridized carbons (Fsp3) is 0.158. The fourth-order valence-electron chi connectivity index (χ4n) is 2.69. The van der Waals surface area contributed by atoms with E-state index >= 15 is 0 Å². The van der Waals surface area contributed by atoms with Crippen molar-refractivity contribution in [2.75, 3.05) is 12.4 Å². The molecule has 0 unspecified atom stereocenters. The molecule has 0 spiro atoms. The molecule has 0 saturated carbocycles. The second-order valence-electron chi connectivity index (χ2n) is 5.81. The molecule has 1 atom stereocenters. The summed E-state index contributed by atoms with van der Waals surface area (Å²) in [5.41, 5.74) is 1.55. The number of nitrogens with one attached hydrogen (secondary N) is 1. The Hall–Kier alpha value is -3.48. The highest BCUT2D eigenvalue weighted by molar-refractivity contribution is 6.39. The number of rotatable bonds is 4. The van der Waals surface area contributed by atoms with Gasteiger partial charge in [0.2, 0.25) is 0 Å². The normalized spacial score (nSPS) is 11.6. The number of nitrogens with zero attached hydrogens (tertiary/aromatic N) is 4. The van der Waals surface area contributed by atoms with Crippen LogP contribution in [-0.4, -0.2) is 38.5 Å². The number of likely N-dealkylation sites (N-methyl/N-ethyl adjacent to an activating group) is 1. The van der Waals surface area contributed by atoms with Gasteiger partial charge < -0.3 is 10.2 Å². The van der Waals surface area contributed by atoms with E-state index in [1.54, 1.807) is 43.3 Å². The highest BCUT2D eigenvalue weighted by Gasteiger charge is 2.29. The Labute approximate surface area is 151 Å². The lowest BCUT2D eigenvalue weighted by atomic mass is 10.0. The molecule has 26 heavy (non-hydrogen) atoms. The van der Waals surface area contributed by atoms with E-state index in [1.165, 1.54) is 4.90 Å². The smallest absolute Gasteiger partial charge is 0.315 e. The van der Waals surface area contributed by atoms with Gasteiger partial charge >= 0.3 is 11.8 Å². The van der Waals surface area contributed by atoms with Crippen molar-refractivity contribution in [3.8, 4) is 0 Å². The molecule has 0 fully saturated rings. The van der Waals surface area contributed by atoms with Gasteiger partial charge in [0.25, 0.3) is 0 Å². The summed E-state index contributed by atoms with van der Waals surface area (Å²) in [6.45, 7) is 0. The number of hydrogen-bond donors (Lipinski definition) is 1. The molecule has 7 heteroatoms. The average Bonchev–Trinajstić information content (AvgIpc) is 3.07. The third-order valence-electron chi connectivity index (χ3n) is 3.94. The summed E-state index contributed by atoms with van der Waals surface area (Å²) in [5, 5.41) is 6.57. The maximum Gasteiger partial charge on any atom is 0.315 e. The zero-order valence-electron chi connectivity index (χ0n) is 14.5. The van der Waals surface area contributed by atoms with Crippen LogP contribution in [0.15, 0.2) is 67.0 Å². The number of aryl methyl sites for hydroxylation is 1. The second-order valence-corrected chi connectivity index (χ2v) is 5.81. The van der Waals surface area contributed by atoms with Crippen LogP contribution >= 0.6 is 0 Å². The highest BCUT2D eigenvalue weighted by atomic mass is 16.2. The van der Waals surface area contributed by atoms with Crippen molar-refractivity contribution in [3.05, 3.63) is 78.2 Å². The Morgan fingerprint density at radius 3 is 2.42 bits per heavy atom. The van der Waals surface area contributed by atoms with Crippen LogP contribution in [0.2, 0.25) is 0 Å². The Morgan fingerprint density at radius 2 is 1.81 bits per heavy atom. The third-order valence-corrected chi connectivity index (χ3v) is 3.94. The van der Waals surface area contributed by atoms with E-state index in [0.29, 0.717) is 11.5 Å². The predicted molar refractivity (Wildman–Crippen MR) is 97.1 cm³/mol. The van der Waals surface area contributed by atoms with Crippen molar-refractivity contribution >= 4 is 17.6 Å². The van der Waals surface area contributed by atoms with Crippen LogP contribution in [0, 0.1) is 0 Å². The molecular weight excluding hydrogens is 330 g/mol. The molecule has 3 rings (SSSR count). The maximum absolute atomic E-state index is 12.7. The lowest BCUT2D eigenvalue weighted by Crippen LogP contribution is -2.40. The minimum atomic E-state index is -0.747. The first-order chi connectivity index (χ1) is 12.6. The first kappa shape index (κ1) is 17.3. The number of hydrogen-bond acceptors (Lipinski definition) is 4. The molecule has 132 valence electrons. The monoisotopic (exact) mass is 349 g/mol. The largest absolute Gasteiger partial charge is 0.325 e. The zero-order chi connectivity index (χ0) is 18.5. The van der Waals surface area contributed by atoms with Gasteiger partial charge in [0.05, 0.1) is 11.7 Å². The Bertz CT molecular complexity index is 853. The summed E-state index contributed by atoms with van der Waals surface area (Å²) in [4.78, 5) is 30.8. The molecule has 1 N–H and O–H groups in total. The number of amides is 2. The fourth-order valence-corrected chi connectivity index (χ4v) is 2.69. The van der Waals surface area contributed by atoms with Crippen molar-refractivity contribution in [2.45, 2.75) is 6.04 Å². The topological polar surface area (TPSA) is 80.1 Å². The average molecular weight is 349 g/mol. The van der Waals surface area contributed by atoms with E-state index in [1.807, 2.05) is 42.5 Å². The molecule has 0 aliphatic rings. The van der Waals surface area contributed by atoms with E-state index in [4.69, 9.17) is 0 Å². The van der Waals surface area contributed by atoms with E-state index in [0.717, 1.165) is 5.56 Å². The summed E-state index contributed by atoms with van der Waals surface area (Å²) in [6, 6.07) is 16.1. The number of benzene rings is 1. The first-order valence-corrected chi connectivity index (χ1v) is 8.10. The van der Waals surface area contributed by atoms with Crippen LogP contribution < -0.4 is 5.32 Å². The Morgan fingerprint density at radius 1 is 1.08 bits per heavy atom. The molecule has 0 aliphatic carbocycles. The van der Waals surface area contributed by atoms with Crippen molar-refractivity contribution < 1.29 is 9.59 Å². The molecule has 0 saturated heterocycles. The summed E-state index contributed by atoms with van der Waals surface area (Å²) in [5.74, 6) is -1.09. The minimum absolute atomic E-state index is 0.327. The molecule has 2 amide bonds. The molecule has 0 aliphatic heterocycles. The summed E-state index contributed by atoms with van der Waals surface area (Å²) in [6.07, 6.45) is 3.35. The van der Waals surface area contributed by atoms with Gasteiger partial charge in [0.15, 0.2) is 5.82 Å². The SMILES string of the molecule is CN(C(=O)C(=O)Nc1ccn(C)n1)[C@H](c1ccccc1)c1ccccn1. The van der Waals surface area contributed by atoms with E-state index in [-0.39, 0.29) is 0 Å². The quantitative estimate of drug-likeness (QED) is 0.731. The van der Waals surface area contributed by atoms with Gasteiger partial charge in [-0.1, -0.05) is 36.4 Å². The van der Waals surface area contributed by atoms with E-state index in [9.17, 15) is 9.59 Å². The number of pyridine rings is 1. The molecule has 7 nitrogen and oxygen atoms in total. The van der Waals surface area contributed by atoms with Crippen molar-refractivity contribution in [3.63, 3.8) is 0 Å². The van der Waals surface area contributed by atoms with Crippen LogP contribution in [0.1, 0.15) is 17.3 Å². The molecular formula is C19H19N5O2. The zero-order valence-corrected chi connectivity index (χ0v) is 14.5. The molecule has 0 bridgehead atoms. The van der Waals surface area contributed by atoms with Gasteiger partial charge in [-0.05, 0) is 17.7 Å². The van der Waals surface area contributed by atoms with Crippen LogP contribution in [-0.2, 0) is 16.6 Å². The van der Waals surface area contributed by atoms with Gasteiger partial charge in [-0.2, -0.15) is 5.10 Å². The molecule has 1 aromatic carbocycles. The van der Waals surface area contributed by atoms with Crippen molar-refractivity contribution in [1.29, 1.82) is 0 Å². The lowest BCUT2D eigenvalue weighted by Gasteiger charge is -2.27. The van der Waals surface area contributed by atoms with Gasteiger partial charge in [0, 0.05) is 32.6 Å². The third kappa shape index (κ3) is 3.77. The van der Waals surface area contributed by atoms with E-state index in [2.05, 4.69) is 15.4 Å². The molecule has 0 radical (unpaired) electrons. The number of carbonyl (C=O) groups is 2. The lowest BCUT2D eigenvalue weighted by molar-refractivity contribution is -0.143. The van der Waals surface area contributed by atoms with Gasteiger partial charge in [-0.3, -0.25) is 19.3 Å². The van der Waals surface area contributed by atoms with Gasteiger partial charge in [0.1, 0.15) is 0 Å². The number of anilines is 1. The standard InChI is InChI=1S/C19H19N5O2/c1-23-13-11-16(22-23)21-18(25)19(26)24(2)17(14-8-4-3-5-9-14)15-10-6-7-12-20-15/h3-13,17H,1-2H3,(H,21,22,25)/t17-/m1/s1. The summed E-state index contributed by atoms with van der Waals surface area (Å²) >= 11 is 0. The van der Waals surface area contributed by atoms with E-state index < -0.39 is 17.9 Å². The van der Waals surface area contributed by atoms with Gasteiger partial charge in [-0.25, -0.2) is 0 Å². The van der Waals surface area contributed by atoms with Crippen LogP contribution in [0.5, 0.6) is 0 Å². The van der Waals surface area contributed by atoms with Crippen molar-refractivity contribution in [1.82, 2.24) is 19.7 Å². The van der Waals surface area contributed by atoms with Crippen LogP contribution in [0.3, 0.4) is 0 Å². The highest BCUT2D eigenvalue weighted by Crippen LogP contribution is 2.26. The summed E-state index contributed by atoms with van der Waals surface area (Å²) in [7, 11) is 3.32.